The van der Waals surface area contributed by atoms with Gasteiger partial charge in [0.2, 0.25) is 0 Å². The molecule has 0 aromatic heterocycles. The summed E-state index contributed by atoms with van der Waals surface area (Å²) in [7, 11) is 0. The van der Waals surface area contributed by atoms with Crippen molar-refractivity contribution >= 4 is 13.6 Å². The third kappa shape index (κ3) is 26.7. The fraction of sp³-hybridized carbons (Fsp3) is 0.929. The molecule has 0 spiro atoms. The summed E-state index contributed by atoms with van der Waals surface area (Å²) in [6.07, 6.45) is 4.78. The first-order chi connectivity index (χ1) is 15.6. The minimum absolute atomic E-state index is 0. The standard InChI is InChI=1S/2C13H28N2.2CHO.Ru/c2*1-8-11(5)12(14-10(3)4)15-13(6,7)9-2;2*1-2;/h2*10-12H,8-9H2,1-7H3;2*1H;/q2*-2;2*-1;+6. The minimum atomic E-state index is 0. The number of hydrogen-bond donors (Lipinski definition) is 0. The van der Waals surface area contributed by atoms with Gasteiger partial charge in [-0.2, -0.15) is 0 Å². The van der Waals surface area contributed by atoms with Crippen molar-refractivity contribution in [2.75, 3.05) is 0 Å². The first kappa shape index (κ1) is 44.8. The molecule has 0 amide bonds. The second-order valence-corrected chi connectivity index (χ2v) is 10.7. The van der Waals surface area contributed by atoms with Gasteiger partial charge in [-0.1, -0.05) is 134 Å². The summed E-state index contributed by atoms with van der Waals surface area (Å²) in [5, 5.41) is 19.2. The van der Waals surface area contributed by atoms with Crippen molar-refractivity contribution in [1.82, 2.24) is 0 Å². The van der Waals surface area contributed by atoms with E-state index in [-0.39, 0.29) is 42.9 Å². The predicted molar refractivity (Wildman–Crippen MR) is 152 cm³/mol. The molecule has 0 aromatic rings. The van der Waals surface area contributed by atoms with E-state index in [0.717, 1.165) is 25.7 Å². The summed E-state index contributed by atoms with van der Waals surface area (Å²) in [4.78, 5) is 15.5. The van der Waals surface area contributed by atoms with Crippen LogP contribution in [0, 0.1) is 11.8 Å². The second-order valence-electron chi connectivity index (χ2n) is 10.7. The molecule has 0 N–H and O–H groups in total. The Hall–Kier alpha value is -0.197. The van der Waals surface area contributed by atoms with Crippen LogP contribution in [0.2, 0.25) is 0 Å². The van der Waals surface area contributed by atoms with E-state index in [1.54, 1.807) is 0 Å². The molecule has 0 heterocycles. The van der Waals surface area contributed by atoms with E-state index >= 15 is 0 Å². The Bertz CT molecular complexity index is 409. The van der Waals surface area contributed by atoms with E-state index in [1.165, 1.54) is 0 Å². The molecule has 0 bridgehead atoms. The maximum absolute atomic E-state index is 7.75. The zero-order valence-corrected chi connectivity index (χ0v) is 27.1. The monoisotopic (exact) mass is 584 g/mol. The van der Waals surface area contributed by atoms with Crippen LogP contribution in [0.5, 0.6) is 0 Å². The van der Waals surface area contributed by atoms with Crippen molar-refractivity contribution in [3.05, 3.63) is 21.3 Å². The van der Waals surface area contributed by atoms with Crippen LogP contribution >= 0.6 is 0 Å². The molecule has 0 saturated heterocycles. The molecule has 0 aliphatic carbocycles. The Morgan fingerprint density at radius 3 is 0.943 bits per heavy atom. The zero-order chi connectivity index (χ0) is 28.1. The van der Waals surface area contributed by atoms with Crippen molar-refractivity contribution in [2.24, 2.45) is 11.8 Å². The van der Waals surface area contributed by atoms with Gasteiger partial charge in [-0.15, -0.1) is 23.2 Å². The third-order valence-corrected chi connectivity index (χ3v) is 5.90. The van der Waals surface area contributed by atoms with Crippen LogP contribution in [0.25, 0.3) is 21.3 Å². The van der Waals surface area contributed by atoms with Gasteiger partial charge < -0.3 is 30.9 Å². The molecule has 0 aliphatic rings. The average Bonchev–Trinajstić information content (AvgIpc) is 2.79. The van der Waals surface area contributed by atoms with E-state index in [4.69, 9.17) is 30.9 Å². The van der Waals surface area contributed by atoms with E-state index in [0.29, 0.717) is 23.9 Å². The molecule has 0 saturated carbocycles. The molecule has 6 nitrogen and oxygen atoms in total. The van der Waals surface area contributed by atoms with Gasteiger partial charge in [0.05, 0.1) is 0 Å². The maximum atomic E-state index is 7.75. The second kappa shape index (κ2) is 25.5. The number of rotatable bonds is 14. The Kier molecular flexibility index (Phi) is 32.6. The summed E-state index contributed by atoms with van der Waals surface area (Å²) in [5.41, 5.74) is 0.124. The molecular weight excluding hydrogens is 525 g/mol. The smallest absolute Gasteiger partial charge is 0.675 e. The van der Waals surface area contributed by atoms with E-state index in [1.807, 2.05) is 0 Å². The Morgan fingerprint density at radius 1 is 0.571 bits per heavy atom. The van der Waals surface area contributed by atoms with Crippen LogP contribution in [-0.2, 0) is 29.1 Å². The van der Waals surface area contributed by atoms with E-state index in [2.05, 4.69) is 111 Å². The van der Waals surface area contributed by atoms with Crippen molar-refractivity contribution in [2.45, 2.75) is 158 Å². The van der Waals surface area contributed by atoms with Gasteiger partial charge in [-0.05, 0) is 0 Å². The average molecular weight is 584 g/mol. The van der Waals surface area contributed by atoms with Crippen LogP contribution in [0.3, 0.4) is 0 Å². The third-order valence-electron chi connectivity index (χ3n) is 5.90. The van der Waals surface area contributed by atoms with Crippen molar-refractivity contribution in [3.8, 4) is 0 Å². The van der Waals surface area contributed by atoms with Crippen molar-refractivity contribution in [3.63, 3.8) is 0 Å². The molecule has 0 radical (unpaired) electrons. The van der Waals surface area contributed by atoms with E-state index in [9.17, 15) is 0 Å². The molecule has 7 heteroatoms. The molecular formula is C28H58N4O2Ru. The Morgan fingerprint density at radius 2 is 0.800 bits per heavy atom. The molecule has 4 atom stereocenters. The molecule has 0 aromatic carbocycles. The Labute approximate surface area is 233 Å². The largest absolute Gasteiger partial charge is 6.00 e. The first-order valence-corrected chi connectivity index (χ1v) is 13.0. The van der Waals surface area contributed by atoms with Gasteiger partial charge in [0.15, 0.2) is 0 Å². The number of hydrogen-bond acceptors (Lipinski definition) is 2. The summed E-state index contributed by atoms with van der Waals surface area (Å²) in [6.45, 7) is 37.1. The fourth-order valence-corrected chi connectivity index (χ4v) is 2.55. The summed E-state index contributed by atoms with van der Waals surface area (Å²) >= 11 is 0. The van der Waals surface area contributed by atoms with Crippen molar-refractivity contribution in [1.29, 1.82) is 0 Å². The number of nitrogens with zero attached hydrogens (tertiary/aromatic N) is 4. The quantitative estimate of drug-likeness (QED) is 0.116. The first-order valence-electron chi connectivity index (χ1n) is 13.0. The molecule has 35 heavy (non-hydrogen) atoms. The van der Waals surface area contributed by atoms with Gasteiger partial charge in [0, 0.05) is 0 Å². The topological polar surface area (TPSA) is 90.5 Å². The van der Waals surface area contributed by atoms with Crippen LogP contribution in [0.15, 0.2) is 0 Å². The predicted octanol–water partition coefficient (Wildman–Crippen LogP) is 8.86. The SMILES string of the molecule is CCC(C)C([N-]C(C)C)[N-]C(C)(C)CC.CCC(C)C([N-]C(C)C)[N-]C(C)(C)CC.[CH-]=O.[CH-]=O.[Ru+6]. The van der Waals surface area contributed by atoms with Gasteiger partial charge in [0.25, 0.3) is 0 Å². The van der Waals surface area contributed by atoms with Crippen LogP contribution in [0.1, 0.15) is 123 Å². The van der Waals surface area contributed by atoms with Crippen LogP contribution in [0.4, 0.5) is 0 Å². The number of carbonyl (C=O) groups excluding carboxylic acids is 2. The van der Waals surface area contributed by atoms with Crippen molar-refractivity contribution < 1.29 is 29.1 Å². The molecule has 210 valence electrons. The van der Waals surface area contributed by atoms with Crippen LogP contribution < -0.4 is 0 Å². The minimum Gasteiger partial charge on any atom is -0.675 e. The Balaban J connectivity index is -0.000000146. The summed E-state index contributed by atoms with van der Waals surface area (Å²) in [5.74, 6) is 1.11. The van der Waals surface area contributed by atoms with Gasteiger partial charge in [-0.25, -0.2) is 12.3 Å². The zero-order valence-electron chi connectivity index (χ0n) is 25.4. The van der Waals surface area contributed by atoms with Gasteiger partial charge in [-0.3, -0.25) is 13.6 Å². The van der Waals surface area contributed by atoms with Gasteiger partial charge >= 0.3 is 19.5 Å². The molecule has 4 unspecified atom stereocenters. The van der Waals surface area contributed by atoms with Gasteiger partial charge in [0.1, 0.15) is 0 Å². The molecule has 0 aliphatic heterocycles. The maximum Gasteiger partial charge on any atom is 6.00 e. The fourth-order valence-electron chi connectivity index (χ4n) is 2.55. The molecule has 0 rings (SSSR count). The summed E-state index contributed by atoms with van der Waals surface area (Å²) in [6, 6.07) is 0.751. The normalized spacial score (nSPS) is 14.6. The van der Waals surface area contributed by atoms with E-state index < -0.39 is 0 Å². The molecule has 0 fully saturated rings. The summed E-state index contributed by atoms with van der Waals surface area (Å²) < 4.78 is 0. The van der Waals surface area contributed by atoms with Crippen LogP contribution in [-0.4, -0.2) is 49.1 Å².